The summed E-state index contributed by atoms with van der Waals surface area (Å²) in [6.45, 7) is 2.60. The zero-order valence-corrected chi connectivity index (χ0v) is 21.6. The highest BCUT2D eigenvalue weighted by Gasteiger charge is 2.26. The predicted octanol–water partition coefficient (Wildman–Crippen LogP) is 4.46. The first-order valence-electron chi connectivity index (χ1n) is 12.3. The van der Waals surface area contributed by atoms with E-state index < -0.39 is 12.0 Å². The Kier molecular flexibility index (Phi) is 9.21. The molecular weight excluding hydrogens is 511 g/mol. The van der Waals surface area contributed by atoms with E-state index in [-0.39, 0.29) is 30.0 Å². The highest BCUT2D eigenvalue weighted by atomic mass is 35.5. The Hall–Kier alpha value is -4.05. The van der Waals surface area contributed by atoms with Gasteiger partial charge in [-0.3, -0.25) is 14.7 Å². The van der Waals surface area contributed by atoms with Crippen molar-refractivity contribution in [2.45, 2.75) is 38.8 Å². The molecule has 0 saturated carbocycles. The number of amides is 1. The van der Waals surface area contributed by atoms with Crippen LogP contribution in [0, 0.1) is 11.7 Å². The van der Waals surface area contributed by atoms with Crippen LogP contribution >= 0.6 is 11.6 Å². The van der Waals surface area contributed by atoms with Gasteiger partial charge in [-0.1, -0.05) is 41.1 Å². The lowest BCUT2D eigenvalue weighted by Crippen LogP contribution is -2.39. The number of aromatic nitrogens is 5. The third-order valence-electron chi connectivity index (χ3n) is 6.15. The van der Waals surface area contributed by atoms with Crippen LogP contribution in [-0.4, -0.2) is 49.5 Å². The summed E-state index contributed by atoms with van der Waals surface area (Å²) in [5.41, 5.74) is 2.21. The van der Waals surface area contributed by atoms with Crippen LogP contribution in [-0.2, 0) is 22.5 Å². The number of hydrogen-bond acceptors (Lipinski definition) is 6. The lowest BCUT2D eigenvalue weighted by Gasteiger charge is -2.24. The van der Waals surface area contributed by atoms with Crippen molar-refractivity contribution in [2.75, 3.05) is 6.61 Å². The van der Waals surface area contributed by atoms with E-state index in [1.807, 2.05) is 35.0 Å². The number of ether oxygens (including phenoxy) is 1. The number of aromatic amines is 1. The van der Waals surface area contributed by atoms with Crippen molar-refractivity contribution in [3.63, 3.8) is 0 Å². The van der Waals surface area contributed by atoms with Gasteiger partial charge in [0, 0.05) is 35.6 Å². The fraction of sp³-hybridized carbons (Fsp3) is 0.296. The smallest absolute Gasteiger partial charge is 0.309 e. The van der Waals surface area contributed by atoms with Gasteiger partial charge in [-0.05, 0) is 55.5 Å². The maximum Gasteiger partial charge on any atom is 0.309 e. The van der Waals surface area contributed by atoms with Crippen LogP contribution in [0.25, 0.3) is 11.1 Å². The molecule has 9 nitrogen and oxygen atoms in total. The van der Waals surface area contributed by atoms with Gasteiger partial charge >= 0.3 is 5.97 Å². The molecule has 38 heavy (non-hydrogen) atoms. The van der Waals surface area contributed by atoms with Crippen LogP contribution in [0.3, 0.4) is 0 Å². The molecule has 2 atom stereocenters. The van der Waals surface area contributed by atoms with Crippen LogP contribution in [0.4, 0.5) is 4.39 Å². The molecule has 0 radical (unpaired) electrons. The van der Waals surface area contributed by atoms with Gasteiger partial charge in [-0.15, -0.1) is 5.10 Å². The van der Waals surface area contributed by atoms with Gasteiger partial charge in [0.2, 0.25) is 0 Å². The number of carbonyl (C=O) groups is 2. The molecule has 4 aromatic rings. The van der Waals surface area contributed by atoms with Crippen molar-refractivity contribution in [1.29, 1.82) is 0 Å². The maximum absolute atomic E-state index is 14.3. The first kappa shape index (κ1) is 27.0. The average molecular weight is 539 g/mol. The van der Waals surface area contributed by atoms with Gasteiger partial charge in [0.1, 0.15) is 11.5 Å². The molecule has 0 aliphatic heterocycles. The first-order chi connectivity index (χ1) is 18.4. The molecule has 2 aromatic carbocycles. The second kappa shape index (κ2) is 13.0. The molecule has 0 bridgehead atoms. The van der Waals surface area contributed by atoms with Gasteiger partial charge in [0.25, 0.3) is 5.91 Å². The Labute approximate surface area is 224 Å². The van der Waals surface area contributed by atoms with Gasteiger partial charge < -0.3 is 14.6 Å². The van der Waals surface area contributed by atoms with Crippen molar-refractivity contribution in [2.24, 2.45) is 5.92 Å². The molecule has 2 aromatic heterocycles. The third-order valence-corrected chi connectivity index (χ3v) is 6.39. The van der Waals surface area contributed by atoms with Crippen LogP contribution in [0.1, 0.15) is 35.8 Å². The van der Waals surface area contributed by atoms with Crippen molar-refractivity contribution in [3.8, 4) is 11.1 Å². The van der Waals surface area contributed by atoms with Crippen molar-refractivity contribution in [3.05, 3.63) is 89.5 Å². The Morgan fingerprint density at radius 1 is 1.21 bits per heavy atom. The van der Waals surface area contributed by atoms with Gasteiger partial charge in [-0.25, -0.2) is 9.37 Å². The van der Waals surface area contributed by atoms with Crippen molar-refractivity contribution < 1.29 is 18.7 Å². The highest BCUT2D eigenvalue weighted by molar-refractivity contribution is 6.30. The number of hydrogen-bond donors (Lipinski definition) is 2. The number of esters is 1. The number of H-pyrrole nitrogens is 1. The van der Waals surface area contributed by atoms with Crippen LogP contribution in [0.15, 0.2) is 67.4 Å². The van der Waals surface area contributed by atoms with E-state index >= 15 is 0 Å². The predicted molar refractivity (Wildman–Crippen MR) is 140 cm³/mol. The summed E-state index contributed by atoms with van der Waals surface area (Å²) in [5.74, 6) is -1.52. The summed E-state index contributed by atoms with van der Waals surface area (Å²) in [7, 11) is 0. The topological polar surface area (TPSA) is 115 Å². The van der Waals surface area contributed by atoms with E-state index in [9.17, 15) is 14.0 Å². The van der Waals surface area contributed by atoms with Crippen LogP contribution < -0.4 is 5.32 Å². The van der Waals surface area contributed by atoms with Gasteiger partial charge in [0.05, 0.1) is 25.0 Å². The molecular formula is C27H28ClFN6O3. The highest BCUT2D eigenvalue weighted by Crippen LogP contribution is 2.27. The normalized spacial score (nSPS) is 12.6. The molecule has 0 aliphatic carbocycles. The molecule has 2 heterocycles. The molecule has 0 unspecified atom stereocenters. The SMILES string of the molecule is CCOC(=O)[C@H](CCn1ccnc1)C[C@@H](Cc1ccc(-c2cc(Cl)ccc2F)cc1)NC(=O)c1cnn[nH]1. The molecule has 0 fully saturated rings. The molecule has 198 valence electrons. The Morgan fingerprint density at radius 2 is 2.03 bits per heavy atom. The quantitative estimate of drug-likeness (QED) is 0.257. The van der Waals surface area contributed by atoms with E-state index in [0.717, 1.165) is 5.56 Å². The minimum absolute atomic E-state index is 0.216. The van der Waals surface area contributed by atoms with E-state index in [0.29, 0.717) is 42.0 Å². The zero-order chi connectivity index (χ0) is 26.9. The van der Waals surface area contributed by atoms with Crippen molar-refractivity contribution >= 4 is 23.5 Å². The Morgan fingerprint density at radius 3 is 2.71 bits per heavy atom. The number of nitrogens with one attached hydrogen (secondary N) is 2. The summed E-state index contributed by atoms with van der Waals surface area (Å²) >= 11 is 6.05. The Balaban J connectivity index is 1.53. The second-order valence-corrected chi connectivity index (χ2v) is 9.28. The van der Waals surface area contributed by atoms with E-state index in [2.05, 4.69) is 25.7 Å². The second-order valence-electron chi connectivity index (χ2n) is 8.84. The molecule has 0 aliphatic rings. The largest absolute Gasteiger partial charge is 0.466 e. The molecule has 11 heteroatoms. The average Bonchev–Trinajstić information content (AvgIpc) is 3.63. The number of imidazole rings is 1. The summed E-state index contributed by atoms with van der Waals surface area (Å²) in [6.07, 6.45) is 7.84. The number of rotatable bonds is 12. The fourth-order valence-electron chi connectivity index (χ4n) is 4.25. The zero-order valence-electron chi connectivity index (χ0n) is 20.8. The third kappa shape index (κ3) is 7.25. The van der Waals surface area contributed by atoms with E-state index in [4.69, 9.17) is 16.3 Å². The standard InChI is InChI=1S/C27H28ClFN6O3/c1-2-38-27(37)20(9-11-35-12-10-30-17-35)14-22(32-26(36)25-16-31-34-33-25)13-18-3-5-19(6-4-18)23-15-21(28)7-8-24(23)29/h3-8,10,12,15-17,20,22H,2,9,11,13-14H2,1H3,(H,32,36)(H,31,33,34)/t20-,22-/m1/s1. The molecule has 0 spiro atoms. The first-order valence-corrected chi connectivity index (χ1v) is 12.6. The summed E-state index contributed by atoms with van der Waals surface area (Å²) in [5, 5.41) is 13.3. The molecule has 1 amide bonds. The number of carbonyl (C=O) groups excluding carboxylic acids is 2. The van der Waals surface area contributed by atoms with Crippen LogP contribution in [0.5, 0.6) is 0 Å². The van der Waals surface area contributed by atoms with E-state index in [1.54, 1.807) is 25.5 Å². The summed E-state index contributed by atoms with van der Waals surface area (Å²) in [4.78, 5) is 29.7. The number of aryl methyl sites for hydroxylation is 1. The number of nitrogens with zero attached hydrogens (tertiary/aromatic N) is 4. The Bertz CT molecular complexity index is 1330. The molecule has 2 N–H and O–H groups in total. The summed E-state index contributed by atoms with van der Waals surface area (Å²) in [6, 6.07) is 11.4. The van der Waals surface area contributed by atoms with E-state index in [1.165, 1.54) is 18.3 Å². The lowest BCUT2D eigenvalue weighted by atomic mass is 9.91. The summed E-state index contributed by atoms with van der Waals surface area (Å²) < 4.78 is 21.6. The fourth-order valence-corrected chi connectivity index (χ4v) is 4.42. The van der Waals surface area contributed by atoms with Crippen LogP contribution in [0.2, 0.25) is 5.02 Å². The number of halogens is 2. The van der Waals surface area contributed by atoms with Crippen molar-refractivity contribution in [1.82, 2.24) is 30.3 Å². The maximum atomic E-state index is 14.3. The minimum atomic E-state index is -0.456. The number of benzene rings is 2. The molecule has 4 rings (SSSR count). The van der Waals surface area contributed by atoms with Gasteiger partial charge in [0.15, 0.2) is 0 Å². The molecule has 0 saturated heterocycles. The monoisotopic (exact) mass is 538 g/mol. The van der Waals surface area contributed by atoms with Gasteiger partial charge in [-0.2, -0.15) is 0 Å². The minimum Gasteiger partial charge on any atom is -0.466 e. The lowest BCUT2D eigenvalue weighted by molar-refractivity contribution is -0.148.